The van der Waals surface area contributed by atoms with E-state index in [4.69, 9.17) is 11.6 Å². The van der Waals surface area contributed by atoms with E-state index in [1.54, 1.807) is 30.1 Å². The summed E-state index contributed by atoms with van der Waals surface area (Å²) in [5.41, 5.74) is 0.806. The Labute approximate surface area is 201 Å². The van der Waals surface area contributed by atoms with E-state index in [-0.39, 0.29) is 21.1 Å². The van der Waals surface area contributed by atoms with Gasteiger partial charge in [-0.3, -0.25) is 0 Å². The number of amides is 1. The average molecular weight is 579 g/mol. The molecule has 2 N–H and O–H groups in total. The van der Waals surface area contributed by atoms with Gasteiger partial charge in [-0.15, -0.1) is 0 Å². The van der Waals surface area contributed by atoms with Crippen molar-refractivity contribution < 1.29 is 19.1 Å². The molecule has 11 heteroatoms. The first-order valence-corrected chi connectivity index (χ1v) is 16.4. The molecule has 1 fully saturated rings. The van der Waals surface area contributed by atoms with Crippen LogP contribution in [-0.4, -0.2) is 60.2 Å². The summed E-state index contributed by atoms with van der Waals surface area (Å²) in [6.45, 7) is 0.571. The average Bonchev–Trinajstić information content (AvgIpc) is 3.45. The first kappa shape index (κ1) is 23.4. The van der Waals surface area contributed by atoms with Gasteiger partial charge in [-0.25, -0.2) is 0 Å². The summed E-state index contributed by atoms with van der Waals surface area (Å²) >= 11 is 4.65. The third-order valence-corrected chi connectivity index (χ3v) is 16.1. The van der Waals surface area contributed by atoms with Crippen molar-refractivity contribution in [3.63, 3.8) is 0 Å². The van der Waals surface area contributed by atoms with Gasteiger partial charge in [-0.1, -0.05) is 0 Å². The molecular weight excluding hydrogens is 558 g/mol. The number of allylic oxidation sites excluding steroid dienone is 1. The quantitative estimate of drug-likeness (QED) is 0.475. The molecule has 1 aliphatic heterocycles. The number of nitrogens with zero attached hydrogens (tertiary/aromatic N) is 3. The zero-order valence-electron chi connectivity index (χ0n) is 17.3. The van der Waals surface area contributed by atoms with Crippen LogP contribution in [0, 0.1) is 5.92 Å². The topological polar surface area (TPSA) is 97.1 Å². The van der Waals surface area contributed by atoms with Crippen molar-refractivity contribution in [3.8, 4) is 0 Å². The maximum atomic E-state index is 15.8. The molecule has 166 valence electrons. The fourth-order valence-corrected chi connectivity index (χ4v) is 15.0. The number of rotatable bonds is 9. The number of carboxylic acids is 1. The van der Waals surface area contributed by atoms with E-state index in [2.05, 4.69) is 15.4 Å². The Hall–Kier alpha value is -1.78. The Kier molecular flexibility index (Phi) is 7.31. The molecule has 7 nitrogen and oxygen atoms in total. The van der Waals surface area contributed by atoms with Gasteiger partial charge in [0, 0.05) is 0 Å². The zero-order chi connectivity index (χ0) is 22.8. The number of nitrogens with one attached hydrogen (secondary N) is 1. The van der Waals surface area contributed by atoms with E-state index in [0.29, 0.717) is 32.1 Å². The van der Waals surface area contributed by atoms with Gasteiger partial charge in [0.25, 0.3) is 0 Å². The summed E-state index contributed by atoms with van der Waals surface area (Å²) < 4.78 is 18.9. The molecule has 0 aromatic carbocycles. The van der Waals surface area contributed by atoms with Crippen LogP contribution >= 0.6 is 23.4 Å². The van der Waals surface area contributed by atoms with Crippen LogP contribution in [0.15, 0.2) is 52.5 Å². The van der Waals surface area contributed by atoms with Crippen LogP contribution in [-0.2, 0) is 11.3 Å². The van der Waals surface area contributed by atoms with Crippen LogP contribution < -0.4 is 8.64 Å². The number of carbonyl (C=O) groups is 2. The van der Waals surface area contributed by atoms with Gasteiger partial charge in [0.05, 0.1) is 0 Å². The molecule has 1 saturated carbocycles. The summed E-state index contributed by atoms with van der Waals surface area (Å²) in [6.07, 6.45) is 6.55. The molecular formula is C21H21ClFInN4O3S. The Morgan fingerprint density at radius 3 is 2.88 bits per heavy atom. The summed E-state index contributed by atoms with van der Waals surface area (Å²) in [7, 11) is 1.60. The standard InChI is InChI=1S/C13H9ClFNO2S.C8H12N3O.In/c14-6-9(8-4-5-8)11(7-15)19-12-3-1-2-10(16-12)13(17)18;1-9-8(12)4-2-6-11-7-3-5-10-11;/h1-3,8H,4-5H2,(H,17,18);5,7H,2,4,6H2,1H3,(H,9,12);. The Bertz CT molecular complexity index is 1130. The molecule has 0 radical (unpaired) electrons. The van der Waals surface area contributed by atoms with Crippen molar-refractivity contribution in [1.29, 1.82) is 0 Å². The number of carbonyl (C=O) groups excluding carboxylic acids is 1. The van der Waals surface area contributed by atoms with Crippen LogP contribution in [0.2, 0.25) is 0 Å². The normalized spacial score (nSPS) is 16.2. The molecule has 3 heterocycles. The predicted octanol–water partition coefficient (Wildman–Crippen LogP) is 3.17. The van der Waals surface area contributed by atoms with Crippen molar-refractivity contribution in [2.45, 2.75) is 37.3 Å². The third kappa shape index (κ3) is 5.07. The van der Waals surface area contributed by atoms with E-state index in [9.17, 15) is 14.7 Å². The van der Waals surface area contributed by atoms with Gasteiger partial charge >= 0.3 is 203 Å². The van der Waals surface area contributed by atoms with Crippen molar-refractivity contribution in [2.75, 3.05) is 7.05 Å². The number of aryl methyl sites for hydroxylation is 1. The van der Waals surface area contributed by atoms with Crippen LogP contribution in [0.1, 0.15) is 36.2 Å². The number of halogens is 2. The van der Waals surface area contributed by atoms with Gasteiger partial charge in [0.1, 0.15) is 0 Å². The summed E-state index contributed by atoms with van der Waals surface area (Å²) in [5.74, 6) is -0.892. The monoisotopic (exact) mass is 578 g/mol. The molecule has 0 unspecified atom stereocenters. The van der Waals surface area contributed by atoms with Gasteiger partial charge in [-0.2, -0.15) is 0 Å². The number of carboxylic acid groups (broad SMARTS) is 1. The number of thioether (sulfide) groups is 1. The minimum absolute atomic E-state index is 0.0244. The second-order valence-corrected chi connectivity index (χ2v) is 17.7. The molecule has 1 aliphatic carbocycles. The maximum absolute atomic E-state index is 15.8. The number of pyridine rings is 1. The molecule has 2 aromatic rings. The second-order valence-electron chi connectivity index (χ2n) is 7.73. The molecule has 1 amide bonds. The van der Waals surface area contributed by atoms with Gasteiger partial charge in [-0.05, 0) is 0 Å². The van der Waals surface area contributed by atoms with Crippen LogP contribution in [0.25, 0.3) is 0 Å². The zero-order valence-corrected chi connectivity index (χ0v) is 22.2. The molecule has 0 bridgehead atoms. The van der Waals surface area contributed by atoms with E-state index in [1.807, 2.05) is 6.20 Å². The molecule has 0 saturated heterocycles. The van der Waals surface area contributed by atoms with Crippen molar-refractivity contribution >= 4 is 60.0 Å². The van der Waals surface area contributed by atoms with Gasteiger partial charge in [0.2, 0.25) is 0 Å². The predicted molar refractivity (Wildman–Crippen MR) is 122 cm³/mol. The molecule has 4 rings (SSSR count). The summed E-state index contributed by atoms with van der Waals surface area (Å²) in [5, 5.41) is 16.6. The van der Waals surface area contributed by atoms with Crippen LogP contribution in [0.4, 0.5) is 4.39 Å². The third-order valence-electron chi connectivity index (χ3n) is 5.42. The molecule has 2 aromatic heterocycles. The number of aromatic carboxylic acids is 1. The number of aromatic nitrogens is 3. The van der Waals surface area contributed by atoms with Crippen molar-refractivity contribution in [2.24, 2.45) is 5.92 Å². The van der Waals surface area contributed by atoms with E-state index < -0.39 is 27.4 Å². The van der Waals surface area contributed by atoms with Gasteiger partial charge < -0.3 is 0 Å². The Morgan fingerprint density at radius 1 is 1.41 bits per heavy atom. The molecule has 32 heavy (non-hydrogen) atoms. The van der Waals surface area contributed by atoms with Crippen LogP contribution in [0.3, 0.4) is 0 Å². The second kappa shape index (κ2) is 10.0. The van der Waals surface area contributed by atoms with Crippen LogP contribution in [0.5, 0.6) is 0 Å². The van der Waals surface area contributed by atoms with E-state index in [0.717, 1.165) is 33.5 Å². The van der Waals surface area contributed by atoms with Gasteiger partial charge in [0.15, 0.2) is 0 Å². The molecule has 0 atom stereocenters. The fraction of sp³-hybridized carbons (Fsp3) is 0.333. The summed E-state index contributed by atoms with van der Waals surface area (Å²) in [4.78, 5) is 27.3. The van der Waals surface area contributed by atoms with E-state index in [1.165, 1.54) is 6.07 Å². The number of hydrogen-bond donors (Lipinski definition) is 2. The van der Waals surface area contributed by atoms with Crippen molar-refractivity contribution in [1.82, 2.24) is 20.1 Å². The Morgan fingerprint density at radius 2 is 2.19 bits per heavy atom. The first-order chi connectivity index (χ1) is 15.4. The van der Waals surface area contributed by atoms with E-state index >= 15 is 4.39 Å². The molecule has 0 spiro atoms. The minimum atomic E-state index is -3.32. The fourth-order valence-electron chi connectivity index (χ4n) is 3.66. The SMILES string of the molecule is CNC(=O)CCCn1c[c]([In]2[C](F)=C(Sc3cccc(C(=O)O)n3)C(C3CC3)=[C]2Cl)cn1. The summed E-state index contributed by atoms with van der Waals surface area (Å²) in [6, 6.07) is 4.71. The van der Waals surface area contributed by atoms with Crippen molar-refractivity contribution in [3.05, 3.63) is 53.1 Å². The number of hydrogen-bond acceptors (Lipinski definition) is 5. The molecule has 2 aliphatic rings. The Balaban J connectivity index is 1.58. The first-order valence-electron chi connectivity index (χ1n) is 10.3.